The van der Waals surface area contributed by atoms with Gasteiger partial charge in [-0.3, -0.25) is 5.43 Å². The molecule has 1 aliphatic rings. The van der Waals surface area contributed by atoms with Crippen LogP contribution in [0.4, 0.5) is 10.3 Å². The van der Waals surface area contributed by atoms with E-state index >= 15 is 0 Å². The Labute approximate surface area is 118 Å². The lowest BCUT2D eigenvalue weighted by molar-refractivity contribution is 0.422. The summed E-state index contributed by atoms with van der Waals surface area (Å²) in [4.78, 5) is 7.66. The van der Waals surface area contributed by atoms with Crippen molar-refractivity contribution >= 4 is 17.7 Å². The molecule has 0 aromatic carbocycles. The fraction of sp³-hybridized carbons (Fsp3) is 0.500. The molecular formula is C10H13FN8S. The van der Waals surface area contributed by atoms with Crippen LogP contribution in [-0.2, 0) is 0 Å². The third kappa shape index (κ3) is 2.56. The molecule has 0 amide bonds. The fourth-order valence-electron chi connectivity index (χ4n) is 2.21. The highest BCUT2D eigenvalue weighted by atomic mass is 32.2. The van der Waals surface area contributed by atoms with Gasteiger partial charge >= 0.3 is 0 Å². The van der Waals surface area contributed by atoms with E-state index in [4.69, 9.17) is 5.84 Å². The maximum absolute atomic E-state index is 13.7. The molecule has 0 atom stereocenters. The predicted octanol–water partition coefficient (Wildman–Crippen LogP) is 1.15. The van der Waals surface area contributed by atoms with Gasteiger partial charge in [-0.15, -0.1) is 5.10 Å². The first kappa shape index (κ1) is 13.2. The molecule has 1 fully saturated rings. The smallest absolute Gasteiger partial charge is 0.238 e. The molecule has 0 spiro atoms. The topological polar surface area (TPSA) is 107 Å². The SMILES string of the molecule is NNc1ncc(F)c(Sc2nnnn2C2CCCC2)n1. The minimum atomic E-state index is -0.532. The minimum Gasteiger partial charge on any atom is -0.292 e. The number of halogens is 1. The highest BCUT2D eigenvalue weighted by molar-refractivity contribution is 7.99. The van der Waals surface area contributed by atoms with Crippen LogP contribution >= 0.6 is 11.8 Å². The number of nitrogens with zero attached hydrogens (tertiary/aromatic N) is 6. The average Bonchev–Trinajstić information content (AvgIpc) is 3.11. The Bertz CT molecular complexity index is 597. The van der Waals surface area contributed by atoms with Crippen molar-refractivity contribution in [3.63, 3.8) is 0 Å². The first-order valence-corrected chi connectivity index (χ1v) is 7.04. The number of aromatic nitrogens is 6. The maximum Gasteiger partial charge on any atom is 0.238 e. The van der Waals surface area contributed by atoms with E-state index in [1.54, 1.807) is 4.68 Å². The van der Waals surface area contributed by atoms with Crippen molar-refractivity contribution in [2.45, 2.75) is 41.9 Å². The van der Waals surface area contributed by atoms with Gasteiger partial charge in [0.05, 0.1) is 12.2 Å². The number of nitrogens with two attached hydrogens (primary N) is 1. The predicted molar refractivity (Wildman–Crippen MR) is 69.2 cm³/mol. The number of hydrogen-bond donors (Lipinski definition) is 2. The Kier molecular flexibility index (Phi) is 3.74. The summed E-state index contributed by atoms with van der Waals surface area (Å²) in [7, 11) is 0. The molecule has 0 saturated heterocycles. The van der Waals surface area contributed by atoms with E-state index in [0.717, 1.165) is 43.6 Å². The van der Waals surface area contributed by atoms with Gasteiger partial charge in [0.15, 0.2) is 5.82 Å². The van der Waals surface area contributed by atoms with Gasteiger partial charge < -0.3 is 0 Å². The van der Waals surface area contributed by atoms with Crippen LogP contribution in [0.5, 0.6) is 0 Å². The summed E-state index contributed by atoms with van der Waals surface area (Å²) >= 11 is 1.07. The van der Waals surface area contributed by atoms with Gasteiger partial charge in [-0.2, -0.15) is 0 Å². The van der Waals surface area contributed by atoms with Gasteiger partial charge in [0.25, 0.3) is 0 Å². The van der Waals surface area contributed by atoms with Crippen molar-refractivity contribution < 1.29 is 4.39 Å². The number of rotatable bonds is 4. The van der Waals surface area contributed by atoms with Crippen LogP contribution in [0.15, 0.2) is 16.4 Å². The van der Waals surface area contributed by atoms with Crippen LogP contribution in [0.2, 0.25) is 0 Å². The molecule has 1 saturated carbocycles. The molecule has 0 bridgehead atoms. The number of nitrogen functional groups attached to an aromatic ring is 1. The minimum absolute atomic E-state index is 0.141. The first-order valence-electron chi connectivity index (χ1n) is 6.23. The molecule has 106 valence electrons. The lowest BCUT2D eigenvalue weighted by Crippen LogP contribution is -2.11. The van der Waals surface area contributed by atoms with Crippen molar-refractivity contribution in [1.82, 2.24) is 30.2 Å². The number of anilines is 1. The van der Waals surface area contributed by atoms with Crippen LogP contribution in [0, 0.1) is 5.82 Å². The molecule has 2 aromatic rings. The molecule has 0 aliphatic heterocycles. The summed E-state index contributed by atoms with van der Waals surface area (Å²) in [6, 6.07) is 0.282. The van der Waals surface area contributed by atoms with Gasteiger partial charge in [0, 0.05) is 0 Å². The second-order valence-electron chi connectivity index (χ2n) is 4.44. The molecule has 8 nitrogen and oxygen atoms in total. The highest BCUT2D eigenvalue weighted by Crippen LogP contribution is 2.33. The van der Waals surface area contributed by atoms with E-state index in [-0.39, 0.29) is 17.0 Å². The van der Waals surface area contributed by atoms with Crippen molar-refractivity contribution in [1.29, 1.82) is 0 Å². The maximum atomic E-state index is 13.7. The summed E-state index contributed by atoms with van der Waals surface area (Å²) in [5.74, 6) is 4.83. The third-order valence-corrected chi connectivity index (χ3v) is 4.09. The third-order valence-electron chi connectivity index (χ3n) is 3.16. The molecule has 20 heavy (non-hydrogen) atoms. The van der Waals surface area contributed by atoms with Crippen molar-refractivity contribution in [3.05, 3.63) is 12.0 Å². The molecule has 2 aromatic heterocycles. The largest absolute Gasteiger partial charge is 0.292 e. The summed E-state index contributed by atoms with van der Waals surface area (Å²) in [5.41, 5.74) is 2.28. The van der Waals surface area contributed by atoms with Gasteiger partial charge in [0.2, 0.25) is 11.1 Å². The van der Waals surface area contributed by atoms with E-state index in [9.17, 15) is 4.39 Å². The fourth-order valence-corrected chi connectivity index (χ4v) is 3.02. The zero-order valence-corrected chi connectivity index (χ0v) is 11.3. The Hall–Kier alpha value is -1.81. The lowest BCUT2D eigenvalue weighted by atomic mass is 10.3. The second-order valence-corrected chi connectivity index (χ2v) is 5.39. The molecular weight excluding hydrogens is 283 g/mol. The zero-order valence-electron chi connectivity index (χ0n) is 10.5. The van der Waals surface area contributed by atoms with Crippen LogP contribution in [-0.4, -0.2) is 30.2 Å². The summed E-state index contributed by atoms with van der Waals surface area (Å²) < 4.78 is 15.5. The Balaban J connectivity index is 1.86. The summed E-state index contributed by atoms with van der Waals surface area (Å²) in [5, 5.41) is 12.3. The number of hydrogen-bond acceptors (Lipinski definition) is 8. The van der Waals surface area contributed by atoms with Crippen LogP contribution < -0.4 is 11.3 Å². The Morgan fingerprint density at radius 1 is 1.40 bits per heavy atom. The van der Waals surface area contributed by atoms with Gasteiger partial charge in [-0.1, -0.05) is 12.8 Å². The van der Waals surface area contributed by atoms with E-state index < -0.39 is 5.82 Å². The molecule has 2 heterocycles. The molecule has 3 rings (SSSR count). The summed E-state index contributed by atoms with van der Waals surface area (Å²) in [6.07, 6.45) is 5.48. The molecule has 3 N–H and O–H groups in total. The monoisotopic (exact) mass is 296 g/mol. The van der Waals surface area contributed by atoms with Gasteiger partial charge in [0.1, 0.15) is 5.03 Å². The quantitative estimate of drug-likeness (QED) is 0.491. The Morgan fingerprint density at radius 2 is 2.20 bits per heavy atom. The standard InChI is InChI=1S/C10H13FN8S/c11-7-5-13-9(15-12)14-8(7)20-10-16-17-18-19(10)6-3-1-2-4-6/h5-6H,1-4,12H2,(H,13,14,15). The lowest BCUT2D eigenvalue weighted by Gasteiger charge is -2.10. The van der Waals surface area contributed by atoms with Crippen molar-refractivity contribution in [2.24, 2.45) is 5.84 Å². The zero-order chi connectivity index (χ0) is 13.9. The average molecular weight is 296 g/mol. The molecule has 0 unspecified atom stereocenters. The molecule has 1 aliphatic carbocycles. The number of nitrogens with one attached hydrogen (secondary N) is 1. The molecule has 0 radical (unpaired) electrons. The van der Waals surface area contributed by atoms with E-state index in [2.05, 4.69) is 30.9 Å². The van der Waals surface area contributed by atoms with Crippen molar-refractivity contribution in [3.8, 4) is 0 Å². The molecule has 10 heteroatoms. The number of tetrazole rings is 1. The van der Waals surface area contributed by atoms with Gasteiger partial charge in [-0.25, -0.2) is 24.9 Å². The highest BCUT2D eigenvalue weighted by Gasteiger charge is 2.23. The van der Waals surface area contributed by atoms with Crippen molar-refractivity contribution in [2.75, 3.05) is 5.43 Å². The van der Waals surface area contributed by atoms with Gasteiger partial charge in [-0.05, 0) is 35.0 Å². The van der Waals surface area contributed by atoms with Crippen LogP contribution in [0.25, 0.3) is 0 Å². The number of hydrazine groups is 1. The van der Waals surface area contributed by atoms with E-state index in [0.29, 0.717) is 5.16 Å². The normalized spacial score (nSPS) is 15.7. The Morgan fingerprint density at radius 3 is 2.95 bits per heavy atom. The van der Waals surface area contributed by atoms with Crippen LogP contribution in [0.3, 0.4) is 0 Å². The summed E-state index contributed by atoms with van der Waals surface area (Å²) in [6.45, 7) is 0. The van der Waals surface area contributed by atoms with E-state index in [1.165, 1.54) is 0 Å². The van der Waals surface area contributed by atoms with Crippen LogP contribution in [0.1, 0.15) is 31.7 Å². The van der Waals surface area contributed by atoms with E-state index in [1.807, 2.05) is 0 Å². The second kappa shape index (κ2) is 5.67. The first-order chi connectivity index (χ1) is 9.78.